The van der Waals surface area contributed by atoms with Gasteiger partial charge in [0.15, 0.2) is 0 Å². The first kappa shape index (κ1) is 17.7. The fourth-order valence-corrected chi connectivity index (χ4v) is 2.56. The molecular weight excluding hydrogens is 296 g/mol. The monoisotopic (exact) mass is 322 g/mol. The summed E-state index contributed by atoms with van der Waals surface area (Å²) in [6.45, 7) is 1.41. The summed E-state index contributed by atoms with van der Waals surface area (Å²) < 4.78 is 10.1. The number of aliphatic hydroxyl groups excluding tert-OH is 1. The number of benzene rings is 1. The van der Waals surface area contributed by atoms with Gasteiger partial charge >= 0.3 is 6.09 Å². The summed E-state index contributed by atoms with van der Waals surface area (Å²) in [7, 11) is 1.58. The molecule has 2 rings (SSSR count). The zero-order valence-corrected chi connectivity index (χ0v) is 13.5. The molecule has 0 saturated heterocycles. The van der Waals surface area contributed by atoms with E-state index in [9.17, 15) is 9.90 Å². The predicted octanol–water partition coefficient (Wildman–Crippen LogP) is 1.43. The number of ether oxygens (including phenoxy) is 2. The van der Waals surface area contributed by atoms with Crippen molar-refractivity contribution in [2.75, 3.05) is 20.3 Å². The average molecular weight is 322 g/mol. The molecule has 6 heteroatoms. The standard InChI is InChI=1S/C17H26N2O4/c1-22-12-16(20)7-8-18-14-9-15(10-14)19-17(21)23-11-13-5-3-2-4-6-13/h2-6,14-16,18,20H,7-12H2,1H3,(H,19,21). The van der Waals surface area contributed by atoms with Crippen LogP contribution in [0.15, 0.2) is 30.3 Å². The molecule has 1 aromatic carbocycles. The Hall–Kier alpha value is -1.63. The molecule has 128 valence electrons. The van der Waals surface area contributed by atoms with Gasteiger partial charge in [0, 0.05) is 19.2 Å². The van der Waals surface area contributed by atoms with Gasteiger partial charge in [-0.05, 0) is 31.4 Å². The van der Waals surface area contributed by atoms with Gasteiger partial charge in [0.25, 0.3) is 0 Å². The predicted molar refractivity (Wildman–Crippen MR) is 87.1 cm³/mol. The van der Waals surface area contributed by atoms with Gasteiger partial charge in [0.05, 0.1) is 12.7 Å². The number of alkyl carbamates (subject to hydrolysis) is 1. The molecule has 1 aromatic rings. The first-order valence-corrected chi connectivity index (χ1v) is 8.05. The number of carbonyl (C=O) groups excluding carboxylic acids is 1. The van der Waals surface area contributed by atoms with Crippen LogP contribution < -0.4 is 10.6 Å². The van der Waals surface area contributed by atoms with E-state index < -0.39 is 6.10 Å². The molecule has 1 atom stereocenters. The van der Waals surface area contributed by atoms with Crippen LogP contribution >= 0.6 is 0 Å². The first-order chi connectivity index (χ1) is 11.2. The number of aliphatic hydroxyl groups is 1. The van der Waals surface area contributed by atoms with Crippen LogP contribution in [-0.4, -0.2) is 49.6 Å². The summed E-state index contributed by atoms with van der Waals surface area (Å²) in [6.07, 6.45) is 1.66. The zero-order valence-electron chi connectivity index (χ0n) is 13.5. The quantitative estimate of drug-likeness (QED) is 0.641. The molecule has 1 aliphatic carbocycles. The Morgan fingerprint density at radius 1 is 1.30 bits per heavy atom. The largest absolute Gasteiger partial charge is 0.445 e. The molecule has 0 heterocycles. The van der Waals surface area contributed by atoms with Crippen molar-refractivity contribution in [3.05, 3.63) is 35.9 Å². The maximum absolute atomic E-state index is 11.7. The maximum atomic E-state index is 11.7. The van der Waals surface area contributed by atoms with Crippen LogP contribution in [0, 0.1) is 0 Å². The van der Waals surface area contributed by atoms with Crippen molar-refractivity contribution in [2.24, 2.45) is 0 Å². The molecule has 1 aliphatic rings. The highest BCUT2D eigenvalue weighted by Gasteiger charge is 2.30. The molecule has 1 fully saturated rings. The lowest BCUT2D eigenvalue weighted by molar-refractivity contribution is 0.0579. The minimum Gasteiger partial charge on any atom is -0.445 e. The number of carbonyl (C=O) groups is 1. The molecule has 3 N–H and O–H groups in total. The second-order valence-corrected chi connectivity index (χ2v) is 5.92. The van der Waals surface area contributed by atoms with Crippen molar-refractivity contribution in [1.29, 1.82) is 0 Å². The Bertz CT molecular complexity index is 463. The highest BCUT2D eigenvalue weighted by molar-refractivity contribution is 5.67. The smallest absolute Gasteiger partial charge is 0.407 e. The van der Waals surface area contributed by atoms with Crippen LogP contribution in [0.2, 0.25) is 0 Å². The minimum absolute atomic E-state index is 0.166. The number of hydrogen-bond acceptors (Lipinski definition) is 5. The Kier molecular flexibility index (Phi) is 7.32. The Morgan fingerprint density at radius 3 is 2.74 bits per heavy atom. The van der Waals surface area contributed by atoms with Gasteiger partial charge in [-0.3, -0.25) is 0 Å². The number of rotatable bonds is 9. The van der Waals surface area contributed by atoms with E-state index in [1.807, 2.05) is 30.3 Å². The van der Waals surface area contributed by atoms with E-state index in [0.29, 0.717) is 25.7 Å². The number of amides is 1. The van der Waals surface area contributed by atoms with Crippen molar-refractivity contribution in [1.82, 2.24) is 10.6 Å². The molecule has 0 aromatic heterocycles. The van der Waals surface area contributed by atoms with E-state index in [1.165, 1.54) is 0 Å². The van der Waals surface area contributed by atoms with E-state index in [-0.39, 0.29) is 12.1 Å². The fourth-order valence-electron chi connectivity index (χ4n) is 2.56. The molecule has 1 unspecified atom stereocenters. The average Bonchev–Trinajstić information content (AvgIpc) is 2.51. The molecule has 1 saturated carbocycles. The highest BCUT2D eigenvalue weighted by Crippen LogP contribution is 2.20. The SMILES string of the molecule is COCC(O)CCNC1CC(NC(=O)OCc2ccccc2)C1. The van der Waals surface area contributed by atoms with Gasteiger partial charge in [-0.25, -0.2) is 4.79 Å². The molecule has 1 amide bonds. The molecule has 6 nitrogen and oxygen atoms in total. The summed E-state index contributed by atoms with van der Waals surface area (Å²) >= 11 is 0. The third-order valence-electron chi connectivity index (χ3n) is 3.94. The Labute approximate surface area is 137 Å². The van der Waals surface area contributed by atoms with Crippen molar-refractivity contribution in [3.63, 3.8) is 0 Å². The molecule has 23 heavy (non-hydrogen) atoms. The topological polar surface area (TPSA) is 79.8 Å². The number of nitrogens with one attached hydrogen (secondary N) is 2. The van der Waals surface area contributed by atoms with Crippen LogP contribution in [0.25, 0.3) is 0 Å². The van der Waals surface area contributed by atoms with E-state index in [2.05, 4.69) is 10.6 Å². The summed E-state index contributed by atoms with van der Waals surface area (Å²) in [5.74, 6) is 0. The van der Waals surface area contributed by atoms with Crippen molar-refractivity contribution in [2.45, 2.75) is 44.1 Å². The van der Waals surface area contributed by atoms with E-state index >= 15 is 0 Å². The zero-order chi connectivity index (χ0) is 16.5. The summed E-state index contributed by atoms with van der Waals surface area (Å²) in [5, 5.41) is 15.8. The Balaban J connectivity index is 1.51. The lowest BCUT2D eigenvalue weighted by Gasteiger charge is -2.36. The van der Waals surface area contributed by atoms with Crippen LogP contribution in [0.4, 0.5) is 4.79 Å². The molecule has 0 radical (unpaired) electrons. The maximum Gasteiger partial charge on any atom is 0.407 e. The summed E-state index contributed by atoms with van der Waals surface area (Å²) in [4.78, 5) is 11.7. The fraction of sp³-hybridized carbons (Fsp3) is 0.588. The third kappa shape index (κ3) is 6.56. The Morgan fingerprint density at radius 2 is 2.04 bits per heavy atom. The van der Waals surface area contributed by atoms with E-state index in [1.54, 1.807) is 7.11 Å². The van der Waals surface area contributed by atoms with Crippen molar-refractivity contribution < 1.29 is 19.4 Å². The first-order valence-electron chi connectivity index (χ1n) is 8.05. The van der Waals surface area contributed by atoms with Crippen molar-refractivity contribution in [3.8, 4) is 0 Å². The summed E-state index contributed by atoms with van der Waals surface area (Å²) in [5.41, 5.74) is 0.977. The van der Waals surface area contributed by atoms with Crippen molar-refractivity contribution >= 4 is 6.09 Å². The minimum atomic E-state index is -0.422. The second kappa shape index (κ2) is 9.50. The van der Waals surface area contributed by atoms with Gasteiger partial charge in [0.1, 0.15) is 6.61 Å². The lowest BCUT2D eigenvalue weighted by atomic mass is 9.87. The number of methoxy groups -OCH3 is 1. The van der Waals surface area contributed by atoms with Gasteiger partial charge in [-0.2, -0.15) is 0 Å². The molecule has 0 aliphatic heterocycles. The molecular formula is C17H26N2O4. The number of hydrogen-bond donors (Lipinski definition) is 3. The van der Waals surface area contributed by atoms with Gasteiger partial charge in [0.2, 0.25) is 0 Å². The van der Waals surface area contributed by atoms with Crippen LogP contribution in [0.3, 0.4) is 0 Å². The van der Waals surface area contributed by atoms with Crippen LogP contribution in [0.5, 0.6) is 0 Å². The van der Waals surface area contributed by atoms with Crippen LogP contribution in [0.1, 0.15) is 24.8 Å². The molecule has 0 bridgehead atoms. The third-order valence-corrected chi connectivity index (χ3v) is 3.94. The van der Waals surface area contributed by atoms with Gasteiger partial charge in [-0.15, -0.1) is 0 Å². The highest BCUT2D eigenvalue weighted by atomic mass is 16.5. The normalized spacial score (nSPS) is 21.3. The lowest BCUT2D eigenvalue weighted by Crippen LogP contribution is -2.52. The summed E-state index contributed by atoms with van der Waals surface area (Å²) in [6, 6.07) is 10.2. The van der Waals surface area contributed by atoms with E-state index in [0.717, 1.165) is 24.9 Å². The van der Waals surface area contributed by atoms with Gasteiger partial charge in [-0.1, -0.05) is 30.3 Å². The van der Waals surface area contributed by atoms with Crippen LogP contribution in [-0.2, 0) is 16.1 Å². The van der Waals surface area contributed by atoms with E-state index in [4.69, 9.17) is 9.47 Å². The second-order valence-electron chi connectivity index (χ2n) is 5.92. The molecule has 0 spiro atoms. The van der Waals surface area contributed by atoms with Gasteiger partial charge < -0.3 is 25.2 Å².